The minimum atomic E-state index is -2.65. The summed E-state index contributed by atoms with van der Waals surface area (Å²) in [5.74, 6) is 0. The lowest BCUT2D eigenvalue weighted by Crippen LogP contribution is -2.00. The molecular weight excluding hydrogens is 219 g/mol. The fourth-order valence-corrected chi connectivity index (χ4v) is 2.18. The monoisotopic (exact) mass is 234 g/mol. The molecule has 80 valence electrons. The van der Waals surface area contributed by atoms with Gasteiger partial charge in [0, 0.05) is 0 Å². The maximum atomic E-state index is 5.25. The van der Waals surface area contributed by atoms with Crippen molar-refractivity contribution >= 4 is 18.5 Å². The predicted molar refractivity (Wildman–Crippen MR) is 62.7 cm³/mol. The van der Waals surface area contributed by atoms with Crippen LogP contribution >= 0.6 is 6.72 Å². The van der Waals surface area contributed by atoms with E-state index in [0.29, 0.717) is 19.8 Å². The van der Waals surface area contributed by atoms with Crippen LogP contribution in [0, 0.1) is 0 Å². The van der Waals surface area contributed by atoms with Crippen molar-refractivity contribution in [1.82, 2.24) is 0 Å². The zero-order valence-electron chi connectivity index (χ0n) is 8.05. The van der Waals surface area contributed by atoms with Crippen molar-refractivity contribution in [2.45, 2.75) is 0 Å². The number of rotatable bonds is 9. The van der Waals surface area contributed by atoms with E-state index < -0.39 is 6.72 Å². The molecule has 0 N–H and O–H groups in total. The van der Waals surface area contributed by atoms with Gasteiger partial charge in [0.2, 0.25) is 0 Å². The molecule has 3 nitrogen and oxygen atoms in total. The van der Waals surface area contributed by atoms with Crippen LogP contribution in [0.15, 0.2) is 38.0 Å². The van der Waals surface area contributed by atoms with E-state index in [1.165, 1.54) is 0 Å². The molecule has 0 aromatic carbocycles. The first kappa shape index (κ1) is 13.8. The van der Waals surface area contributed by atoms with Gasteiger partial charge < -0.3 is 13.6 Å². The average molecular weight is 234 g/mol. The SMILES string of the molecule is C=CCOP(=S)(OCC=C)OCC=C. The van der Waals surface area contributed by atoms with Crippen molar-refractivity contribution in [3.63, 3.8) is 0 Å². The lowest BCUT2D eigenvalue weighted by molar-refractivity contribution is 0.191. The van der Waals surface area contributed by atoms with E-state index >= 15 is 0 Å². The molecule has 0 aliphatic carbocycles. The molecule has 0 fully saturated rings. The summed E-state index contributed by atoms with van der Waals surface area (Å²) in [6, 6.07) is 0. The second-order valence-corrected chi connectivity index (χ2v) is 5.21. The van der Waals surface area contributed by atoms with Crippen molar-refractivity contribution in [2.24, 2.45) is 0 Å². The van der Waals surface area contributed by atoms with Gasteiger partial charge in [-0.2, -0.15) is 0 Å². The third-order valence-electron chi connectivity index (χ3n) is 1.05. The molecule has 0 amide bonds. The Hall–Kier alpha value is -0.250. The van der Waals surface area contributed by atoms with Crippen molar-refractivity contribution in [3.05, 3.63) is 38.0 Å². The van der Waals surface area contributed by atoms with Gasteiger partial charge in [-0.05, 0) is 11.8 Å². The smallest absolute Gasteiger partial charge is 0.304 e. The topological polar surface area (TPSA) is 27.7 Å². The molecule has 14 heavy (non-hydrogen) atoms. The molecule has 0 unspecified atom stereocenters. The minimum absolute atomic E-state index is 0.311. The summed E-state index contributed by atoms with van der Waals surface area (Å²) in [4.78, 5) is 0. The Bertz CT molecular complexity index is 202. The second kappa shape index (κ2) is 8.09. The zero-order valence-corrected chi connectivity index (χ0v) is 9.77. The third kappa shape index (κ3) is 6.24. The summed E-state index contributed by atoms with van der Waals surface area (Å²) in [5.41, 5.74) is 0. The van der Waals surface area contributed by atoms with Gasteiger partial charge in [0.15, 0.2) is 0 Å². The minimum Gasteiger partial charge on any atom is -0.304 e. The van der Waals surface area contributed by atoms with Gasteiger partial charge in [0.1, 0.15) is 0 Å². The van der Waals surface area contributed by atoms with Crippen molar-refractivity contribution in [2.75, 3.05) is 19.8 Å². The van der Waals surface area contributed by atoms with E-state index in [4.69, 9.17) is 25.4 Å². The van der Waals surface area contributed by atoms with Crippen molar-refractivity contribution in [3.8, 4) is 0 Å². The van der Waals surface area contributed by atoms with E-state index in [-0.39, 0.29) is 0 Å². The van der Waals surface area contributed by atoms with E-state index in [2.05, 4.69) is 19.7 Å². The summed E-state index contributed by atoms with van der Waals surface area (Å²) in [5, 5.41) is 0. The summed E-state index contributed by atoms with van der Waals surface area (Å²) in [6.07, 6.45) is 4.78. The standard InChI is InChI=1S/C9H15O3PS/c1-4-7-10-13(14,11-8-5-2)12-9-6-3/h4-6H,1-3,7-9H2. The zero-order chi connectivity index (χ0) is 10.9. The molecule has 0 saturated heterocycles. The van der Waals surface area contributed by atoms with Crippen molar-refractivity contribution < 1.29 is 13.6 Å². The quantitative estimate of drug-likeness (QED) is 0.453. The van der Waals surface area contributed by atoms with Gasteiger partial charge in [-0.25, -0.2) is 0 Å². The Morgan fingerprint density at radius 2 is 1.14 bits per heavy atom. The Morgan fingerprint density at radius 3 is 1.36 bits per heavy atom. The normalized spacial score (nSPS) is 10.9. The van der Waals surface area contributed by atoms with E-state index in [0.717, 1.165) is 0 Å². The summed E-state index contributed by atoms with van der Waals surface area (Å²) in [6.45, 7) is 8.84. The maximum Gasteiger partial charge on any atom is 0.328 e. The lowest BCUT2D eigenvalue weighted by atomic mass is 10.7. The van der Waals surface area contributed by atoms with E-state index in [1.54, 1.807) is 18.2 Å². The summed E-state index contributed by atoms with van der Waals surface area (Å²) < 4.78 is 15.8. The van der Waals surface area contributed by atoms with Crippen LogP contribution in [-0.4, -0.2) is 19.8 Å². The van der Waals surface area contributed by atoms with Crippen LogP contribution in [0.25, 0.3) is 0 Å². The average Bonchev–Trinajstić information content (AvgIpc) is 2.21. The van der Waals surface area contributed by atoms with Crippen LogP contribution < -0.4 is 0 Å². The summed E-state index contributed by atoms with van der Waals surface area (Å²) in [7, 11) is 0. The molecule has 0 aromatic heterocycles. The fraction of sp³-hybridized carbons (Fsp3) is 0.333. The highest BCUT2D eigenvalue weighted by molar-refractivity contribution is 8.07. The Balaban J connectivity index is 4.15. The molecule has 0 spiro atoms. The van der Waals surface area contributed by atoms with Crippen molar-refractivity contribution in [1.29, 1.82) is 0 Å². The van der Waals surface area contributed by atoms with Gasteiger partial charge in [0.05, 0.1) is 19.8 Å². The van der Waals surface area contributed by atoms with Crippen LogP contribution in [0.5, 0.6) is 0 Å². The lowest BCUT2D eigenvalue weighted by Gasteiger charge is -2.19. The summed E-state index contributed by atoms with van der Waals surface area (Å²) >= 11 is 5.10. The molecule has 0 bridgehead atoms. The molecule has 0 aliphatic heterocycles. The molecule has 0 atom stereocenters. The maximum absolute atomic E-state index is 5.25. The molecule has 5 heteroatoms. The second-order valence-electron chi connectivity index (χ2n) is 2.20. The Morgan fingerprint density at radius 1 is 0.857 bits per heavy atom. The van der Waals surface area contributed by atoms with Crippen LogP contribution in [0.3, 0.4) is 0 Å². The molecule has 0 radical (unpaired) electrons. The number of hydrogen-bond donors (Lipinski definition) is 0. The molecule has 0 aromatic rings. The van der Waals surface area contributed by atoms with Gasteiger partial charge in [-0.15, -0.1) is 19.7 Å². The van der Waals surface area contributed by atoms with E-state index in [1.807, 2.05) is 0 Å². The third-order valence-corrected chi connectivity index (χ3v) is 3.40. The molecule has 0 aliphatic rings. The van der Waals surface area contributed by atoms with Gasteiger partial charge in [-0.3, -0.25) is 0 Å². The highest BCUT2D eigenvalue weighted by atomic mass is 32.5. The van der Waals surface area contributed by atoms with Gasteiger partial charge in [-0.1, -0.05) is 18.2 Å². The Labute approximate surface area is 90.3 Å². The molecule has 0 rings (SSSR count). The first-order valence-electron chi connectivity index (χ1n) is 4.05. The first-order chi connectivity index (χ1) is 6.68. The predicted octanol–water partition coefficient (Wildman–Crippen LogP) is 2.82. The molecule has 0 heterocycles. The van der Waals surface area contributed by atoms with Gasteiger partial charge >= 0.3 is 6.72 Å². The number of hydrogen-bond acceptors (Lipinski definition) is 4. The van der Waals surface area contributed by atoms with Crippen LogP contribution in [0.2, 0.25) is 0 Å². The van der Waals surface area contributed by atoms with Gasteiger partial charge in [0.25, 0.3) is 0 Å². The highest BCUT2D eigenvalue weighted by Gasteiger charge is 2.18. The van der Waals surface area contributed by atoms with Crippen LogP contribution in [0.1, 0.15) is 0 Å². The Kier molecular flexibility index (Phi) is 7.95. The fourth-order valence-electron chi connectivity index (χ4n) is 0.544. The largest absolute Gasteiger partial charge is 0.328 e. The van der Waals surface area contributed by atoms with E-state index in [9.17, 15) is 0 Å². The molecular formula is C9H15O3PS. The molecule has 0 saturated carbocycles. The highest BCUT2D eigenvalue weighted by Crippen LogP contribution is 2.49. The van der Waals surface area contributed by atoms with Crippen LogP contribution in [-0.2, 0) is 25.4 Å². The first-order valence-corrected chi connectivity index (χ1v) is 6.60. The van der Waals surface area contributed by atoms with Crippen LogP contribution in [0.4, 0.5) is 0 Å².